The van der Waals surface area contributed by atoms with Crippen molar-refractivity contribution < 1.29 is 19.4 Å². The fraction of sp³-hybridized carbons (Fsp3) is 0.579. The van der Waals surface area contributed by atoms with E-state index < -0.39 is 5.97 Å². The topological polar surface area (TPSA) is 66.8 Å². The maximum absolute atomic E-state index is 12.9. The predicted molar refractivity (Wildman–Crippen MR) is 89.4 cm³/mol. The van der Waals surface area contributed by atoms with E-state index in [9.17, 15) is 9.59 Å². The van der Waals surface area contributed by atoms with Gasteiger partial charge >= 0.3 is 5.97 Å². The molecule has 5 heteroatoms. The molecule has 0 spiro atoms. The van der Waals surface area contributed by atoms with Crippen LogP contribution in [0.25, 0.3) is 0 Å². The summed E-state index contributed by atoms with van der Waals surface area (Å²) in [6.45, 7) is 3.18. The Kier molecular flexibility index (Phi) is 5.19. The van der Waals surface area contributed by atoms with Crippen LogP contribution in [0.3, 0.4) is 0 Å². The molecule has 1 amide bonds. The number of amides is 1. The van der Waals surface area contributed by atoms with E-state index in [2.05, 4.69) is 0 Å². The molecule has 2 atom stereocenters. The van der Waals surface area contributed by atoms with Gasteiger partial charge in [-0.2, -0.15) is 0 Å². The molecule has 130 valence electrons. The molecular weight excluding hydrogens is 306 g/mol. The molecule has 1 heterocycles. The summed E-state index contributed by atoms with van der Waals surface area (Å²) in [6.07, 6.45) is 2.48. The Morgan fingerprint density at radius 3 is 2.29 bits per heavy atom. The number of carbonyl (C=O) groups excluding carboxylic acids is 1. The fourth-order valence-electron chi connectivity index (χ4n) is 3.83. The molecule has 1 saturated carbocycles. The molecule has 2 aliphatic rings. The molecule has 0 bridgehead atoms. The van der Waals surface area contributed by atoms with Crippen molar-refractivity contribution in [3.8, 4) is 0 Å². The van der Waals surface area contributed by atoms with E-state index in [4.69, 9.17) is 9.84 Å². The standard InChI is InChI=1S/C19H25NO4/c1-13-11-20(12-17(24-13)14-5-3-2-4-6-14)18(21)15-7-9-16(10-8-15)19(22)23/h2-6,13,15-17H,7-12H2,1H3,(H,22,23). The number of ether oxygens (including phenoxy) is 1. The van der Waals surface area contributed by atoms with Crippen molar-refractivity contribution in [1.82, 2.24) is 4.90 Å². The molecule has 1 saturated heterocycles. The van der Waals surface area contributed by atoms with Crippen molar-refractivity contribution in [2.45, 2.75) is 44.8 Å². The third-order valence-corrected chi connectivity index (χ3v) is 5.17. The van der Waals surface area contributed by atoms with Crippen LogP contribution in [0.5, 0.6) is 0 Å². The van der Waals surface area contributed by atoms with Gasteiger partial charge < -0.3 is 14.7 Å². The van der Waals surface area contributed by atoms with Gasteiger partial charge in [-0.3, -0.25) is 9.59 Å². The number of rotatable bonds is 3. The van der Waals surface area contributed by atoms with Crippen LogP contribution in [-0.4, -0.2) is 41.1 Å². The molecule has 2 unspecified atom stereocenters. The van der Waals surface area contributed by atoms with E-state index in [0.717, 1.165) is 5.56 Å². The van der Waals surface area contributed by atoms with Crippen LogP contribution in [0.1, 0.15) is 44.3 Å². The number of carbonyl (C=O) groups is 2. The first-order chi connectivity index (χ1) is 11.5. The Bertz CT molecular complexity index is 580. The maximum atomic E-state index is 12.9. The van der Waals surface area contributed by atoms with Crippen LogP contribution in [-0.2, 0) is 14.3 Å². The minimum absolute atomic E-state index is 0.00302. The van der Waals surface area contributed by atoms with Gasteiger partial charge in [0.05, 0.1) is 18.6 Å². The molecule has 1 aromatic rings. The maximum Gasteiger partial charge on any atom is 0.306 e. The summed E-state index contributed by atoms with van der Waals surface area (Å²) in [6, 6.07) is 10.0. The molecule has 0 radical (unpaired) electrons. The SMILES string of the molecule is CC1CN(C(=O)C2CCC(C(=O)O)CC2)CC(c2ccccc2)O1. The minimum Gasteiger partial charge on any atom is -0.481 e. The quantitative estimate of drug-likeness (QED) is 0.925. The Hall–Kier alpha value is -1.88. The van der Waals surface area contributed by atoms with Gasteiger partial charge in [0.15, 0.2) is 0 Å². The smallest absolute Gasteiger partial charge is 0.306 e. The normalized spacial score (nSPS) is 30.8. The van der Waals surface area contributed by atoms with E-state index in [-0.39, 0.29) is 30.0 Å². The lowest BCUT2D eigenvalue weighted by atomic mass is 9.81. The fourth-order valence-corrected chi connectivity index (χ4v) is 3.83. The van der Waals surface area contributed by atoms with Crippen molar-refractivity contribution in [3.05, 3.63) is 35.9 Å². The van der Waals surface area contributed by atoms with Gasteiger partial charge in [-0.25, -0.2) is 0 Å². The van der Waals surface area contributed by atoms with Crippen LogP contribution >= 0.6 is 0 Å². The van der Waals surface area contributed by atoms with E-state index in [0.29, 0.717) is 38.8 Å². The Balaban J connectivity index is 1.63. The van der Waals surface area contributed by atoms with Crippen molar-refractivity contribution >= 4 is 11.9 Å². The molecule has 1 aliphatic carbocycles. The highest BCUT2D eigenvalue weighted by molar-refractivity contribution is 5.79. The number of carboxylic acid groups (broad SMARTS) is 1. The minimum atomic E-state index is -0.731. The van der Waals surface area contributed by atoms with Gasteiger partial charge in [-0.05, 0) is 38.2 Å². The largest absolute Gasteiger partial charge is 0.481 e. The third kappa shape index (κ3) is 3.78. The van der Waals surface area contributed by atoms with Crippen molar-refractivity contribution in [2.24, 2.45) is 11.8 Å². The van der Waals surface area contributed by atoms with Crippen LogP contribution in [0.4, 0.5) is 0 Å². The molecular formula is C19H25NO4. The molecule has 1 N–H and O–H groups in total. The van der Waals surface area contributed by atoms with Gasteiger partial charge in [-0.1, -0.05) is 30.3 Å². The first kappa shape index (κ1) is 17.0. The predicted octanol–water partition coefficient (Wildman–Crippen LogP) is 2.87. The highest BCUT2D eigenvalue weighted by Gasteiger charge is 2.35. The van der Waals surface area contributed by atoms with Gasteiger partial charge in [0.25, 0.3) is 0 Å². The Labute approximate surface area is 142 Å². The zero-order chi connectivity index (χ0) is 17.1. The summed E-state index contributed by atoms with van der Waals surface area (Å²) in [5, 5.41) is 9.10. The molecule has 1 aromatic carbocycles. The zero-order valence-electron chi connectivity index (χ0n) is 14.1. The van der Waals surface area contributed by atoms with Crippen LogP contribution in [0.2, 0.25) is 0 Å². The molecule has 0 aromatic heterocycles. The van der Waals surface area contributed by atoms with E-state index in [1.54, 1.807) is 0 Å². The average molecular weight is 331 g/mol. The summed E-state index contributed by atoms with van der Waals surface area (Å²) in [5.74, 6) is -0.892. The first-order valence-corrected chi connectivity index (χ1v) is 8.76. The highest BCUT2D eigenvalue weighted by Crippen LogP contribution is 2.32. The van der Waals surface area contributed by atoms with Crippen LogP contribution in [0, 0.1) is 11.8 Å². The molecule has 3 rings (SSSR count). The second-order valence-electron chi connectivity index (χ2n) is 6.98. The summed E-state index contributed by atoms with van der Waals surface area (Å²) < 4.78 is 6.02. The lowest BCUT2D eigenvalue weighted by Crippen LogP contribution is -2.48. The number of hydrogen-bond acceptors (Lipinski definition) is 3. The summed E-state index contributed by atoms with van der Waals surface area (Å²) in [4.78, 5) is 25.9. The number of nitrogens with zero attached hydrogens (tertiary/aromatic N) is 1. The molecule has 5 nitrogen and oxygen atoms in total. The highest BCUT2D eigenvalue weighted by atomic mass is 16.5. The third-order valence-electron chi connectivity index (χ3n) is 5.17. The van der Waals surface area contributed by atoms with Crippen molar-refractivity contribution in [1.29, 1.82) is 0 Å². The molecule has 24 heavy (non-hydrogen) atoms. The Morgan fingerprint density at radius 1 is 1.04 bits per heavy atom. The number of carboxylic acids is 1. The summed E-state index contributed by atoms with van der Waals surface area (Å²) >= 11 is 0. The second-order valence-corrected chi connectivity index (χ2v) is 6.98. The first-order valence-electron chi connectivity index (χ1n) is 8.76. The Morgan fingerprint density at radius 2 is 1.67 bits per heavy atom. The van der Waals surface area contributed by atoms with Crippen molar-refractivity contribution in [2.75, 3.05) is 13.1 Å². The van der Waals surface area contributed by atoms with E-state index >= 15 is 0 Å². The van der Waals surface area contributed by atoms with E-state index in [1.165, 1.54) is 0 Å². The van der Waals surface area contributed by atoms with Gasteiger partial charge in [-0.15, -0.1) is 0 Å². The zero-order valence-corrected chi connectivity index (χ0v) is 14.1. The lowest BCUT2D eigenvalue weighted by Gasteiger charge is -2.39. The molecule has 1 aliphatic heterocycles. The number of aliphatic carboxylic acids is 1. The van der Waals surface area contributed by atoms with Gasteiger partial charge in [0.2, 0.25) is 5.91 Å². The van der Waals surface area contributed by atoms with Gasteiger partial charge in [0, 0.05) is 12.5 Å². The van der Waals surface area contributed by atoms with Crippen molar-refractivity contribution in [3.63, 3.8) is 0 Å². The molecule has 2 fully saturated rings. The average Bonchev–Trinajstić information content (AvgIpc) is 2.61. The number of hydrogen-bond donors (Lipinski definition) is 1. The van der Waals surface area contributed by atoms with E-state index in [1.807, 2.05) is 42.2 Å². The summed E-state index contributed by atoms with van der Waals surface area (Å²) in [5.41, 5.74) is 1.09. The lowest BCUT2D eigenvalue weighted by molar-refractivity contribution is -0.152. The van der Waals surface area contributed by atoms with Gasteiger partial charge in [0.1, 0.15) is 6.10 Å². The summed E-state index contributed by atoms with van der Waals surface area (Å²) in [7, 11) is 0. The monoisotopic (exact) mass is 331 g/mol. The number of benzene rings is 1. The number of morpholine rings is 1. The van der Waals surface area contributed by atoms with Crippen LogP contribution < -0.4 is 0 Å². The van der Waals surface area contributed by atoms with Crippen LogP contribution in [0.15, 0.2) is 30.3 Å². The second kappa shape index (κ2) is 7.34.